The van der Waals surface area contributed by atoms with E-state index < -0.39 is 0 Å². The summed E-state index contributed by atoms with van der Waals surface area (Å²) in [6.07, 6.45) is 0.224. The second kappa shape index (κ2) is 7.92. The van der Waals surface area contributed by atoms with E-state index in [1.165, 1.54) is 11.3 Å². The molecule has 21 heavy (non-hydrogen) atoms. The van der Waals surface area contributed by atoms with Crippen molar-refractivity contribution in [2.45, 2.75) is 13.0 Å². The summed E-state index contributed by atoms with van der Waals surface area (Å²) in [5, 5.41) is 12.2. The van der Waals surface area contributed by atoms with Gasteiger partial charge in [0.2, 0.25) is 11.0 Å². The molecule has 0 bridgehead atoms. The second-order valence-electron chi connectivity index (χ2n) is 4.03. The van der Waals surface area contributed by atoms with Crippen molar-refractivity contribution in [1.29, 1.82) is 0 Å². The Kier molecular flexibility index (Phi) is 5.91. The third-order valence-electron chi connectivity index (χ3n) is 2.39. The van der Waals surface area contributed by atoms with Gasteiger partial charge in [0.15, 0.2) is 0 Å². The van der Waals surface area contributed by atoms with Crippen molar-refractivity contribution in [3.05, 3.63) is 34.3 Å². The molecule has 1 heterocycles. The number of benzene rings is 1. The van der Waals surface area contributed by atoms with E-state index in [0.717, 1.165) is 0 Å². The molecule has 0 atom stereocenters. The smallest absolute Gasteiger partial charge is 0.229 e. The monoisotopic (exact) mass is 327 g/mol. The van der Waals surface area contributed by atoms with Gasteiger partial charge in [-0.1, -0.05) is 22.9 Å². The third kappa shape index (κ3) is 5.30. The topological polar surface area (TPSA) is 73.3 Å². The lowest BCUT2D eigenvalue weighted by Crippen LogP contribution is -2.15. The first kappa shape index (κ1) is 15.7. The number of halogens is 1. The number of ether oxygens (including phenoxy) is 2. The molecule has 0 aliphatic heterocycles. The molecule has 2 aromatic rings. The molecule has 1 aromatic carbocycles. The first-order chi connectivity index (χ1) is 10.2. The van der Waals surface area contributed by atoms with Crippen LogP contribution >= 0.6 is 22.9 Å². The zero-order valence-corrected chi connectivity index (χ0v) is 12.9. The molecule has 0 radical (unpaired) electrons. The van der Waals surface area contributed by atoms with Crippen molar-refractivity contribution in [2.24, 2.45) is 0 Å². The van der Waals surface area contributed by atoms with Gasteiger partial charge in [-0.3, -0.25) is 4.79 Å². The van der Waals surface area contributed by atoms with Crippen LogP contribution in [0.4, 0.5) is 5.13 Å². The zero-order valence-electron chi connectivity index (χ0n) is 11.3. The van der Waals surface area contributed by atoms with Crippen LogP contribution in [0.15, 0.2) is 24.3 Å². The van der Waals surface area contributed by atoms with Gasteiger partial charge < -0.3 is 14.8 Å². The van der Waals surface area contributed by atoms with Crippen molar-refractivity contribution >= 4 is 34.0 Å². The quantitative estimate of drug-likeness (QED) is 0.846. The zero-order chi connectivity index (χ0) is 15.1. The van der Waals surface area contributed by atoms with Crippen LogP contribution in [-0.4, -0.2) is 29.8 Å². The maximum Gasteiger partial charge on any atom is 0.229 e. The first-order valence-corrected chi connectivity index (χ1v) is 7.36. The minimum absolute atomic E-state index is 0.177. The number of nitrogens with one attached hydrogen (secondary N) is 1. The van der Waals surface area contributed by atoms with E-state index in [0.29, 0.717) is 27.5 Å². The number of carbonyl (C=O) groups is 1. The molecule has 0 saturated carbocycles. The first-order valence-electron chi connectivity index (χ1n) is 6.17. The molecule has 1 aromatic heterocycles. The van der Waals surface area contributed by atoms with Crippen LogP contribution < -0.4 is 10.1 Å². The summed E-state index contributed by atoms with van der Waals surface area (Å²) < 4.78 is 10.4. The summed E-state index contributed by atoms with van der Waals surface area (Å²) in [5.74, 6) is 0.495. The number of rotatable bonds is 7. The minimum atomic E-state index is -0.177. The molecule has 0 fully saturated rings. The highest BCUT2D eigenvalue weighted by Gasteiger charge is 2.08. The van der Waals surface area contributed by atoms with Gasteiger partial charge in [0.1, 0.15) is 17.4 Å². The van der Waals surface area contributed by atoms with E-state index in [1.807, 2.05) is 0 Å². The van der Waals surface area contributed by atoms with Crippen LogP contribution in [-0.2, 0) is 16.1 Å². The van der Waals surface area contributed by atoms with Crippen molar-refractivity contribution in [1.82, 2.24) is 10.2 Å². The Balaban J connectivity index is 1.72. The lowest BCUT2D eigenvalue weighted by Gasteiger charge is -2.05. The Bertz CT molecular complexity index is 589. The number of carbonyl (C=O) groups excluding carboxylic acids is 1. The molecule has 0 aliphatic carbocycles. The van der Waals surface area contributed by atoms with Gasteiger partial charge in [-0.15, -0.1) is 10.2 Å². The summed E-state index contributed by atoms with van der Waals surface area (Å²) in [4.78, 5) is 11.7. The van der Waals surface area contributed by atoms with E-state index in [1.54, 1.807) is 31.4 Å². The fraction of sp³-hybridized carbons (Fsp3) is 0.308. The average molecular weight is 328 g/mol. The highest BCUT2D eigenvalue weighted by Crippen LogP contribution is 2.17. The largest absolute Gasteiger partial charge is 0.493 e. The summed E-state index contributed by atoms with van der Waals surface area (Å²) in [6, 6.07) is 6.97. The molecule has 2 rings (SSSR count). The summed E-state index contributed by atoms with van der Waals surface area (Å²) in [5.41, 5.74) is 0. The molecular formula is C13H14ClN3O3S. The van der Waals surface area contributed by atoms with Crippen molar-refractivity contribution in [2.75, 3.05) is 19.0 Å². The lowest BCUT2D eigenvalue weighted by atomic mass is 10.3. The van der Waals surface area contributed by atoms with E-state index in [2.05, 4.69) is 15.5 Å². The summed E-state index contributed by atoms with van der Waals surface area (Å²) >= 11 is 7.05. The fourth-order valence-corrected chi connectivity index (χ4v) is 2.31. The maximum absolute atomic E-state index is 11.7. The van der Waals surface area contributed by atoms with Crippen LogP contribution in [0.2, 0.25) is 5.02 Å². The lowest BCUT2D eigenvalue weighted by molar-refractivity contribution is -0.116. The Morgan fingerprint density at radius 3 is 2.81 bits per heavy atom. The Hall–Kier alpha value is -1.70. The number of anilines is 1. The van der Waals surface area contributed by atoms with Gasteiger partial charge >= 0.3 is 0 Å². The van der Waals surface area contributed by atoms with Crippen molar-refractivity contribution in [3.8, 4) is 5.75 Å². The van der Waals surface area contributed by atoms with E-state index >= 15 is 0 Å². The normalized spacial score (nSPS) is 10.4. The average Bonchev–Trinajstić information content (AvgIpc) is 2.89. The standard InChI is InChI=1S/C13H14ClN3O3S/c1-19-8-12-16-17-13(21-12)15-11(18)6-7-20-10-4-2-9(14)3-5-10/h2-5H,6-8H2,1H3,(H,15,17,18). The second-order valence-corrected chi connectivity index (χ2v) is 5.53. The Morgan fingerprint density at radius 2 is 2.10 bits per heavy atom. The van der Waals surface area contributed by atoms with Crippen LogP contribution in [0.1, 0.15) is 11.4 Å². The molecule has 0 aliphatic rings. The molecule has 0 spiro atoms. The molecule has 112 valence electrons. The number of hydrogen-bond donors (Lipinski definition) is 1. The molecule has 6 nitrogen and oxygen atoms in total. The number of hydrogen-bond acceptors (Lipinski definition) is 6. The number of amides is 1. The Morgan fingerprint density at radius 1 is 1.33 bits per heavy atom. The van der Waals surface area contributed by atoms with Crippen LogP contribution in [0.3, 0.4) is 0 Å². The van der Waals surface area contributed by atoms with Crippen molar-refractivity contribution < 1.29 is 14.3 Å². The Labute approximate surface area is 131 Å². The van der Waals surface area contributed by atoms with Crippen LogP contribution in [0, 0.1) is 0 Å². The third-order valence-corrected chi connectivity index (χ3v) is 3.46. The molecule has 8 heteroatoms. The number of aromatic nitrogens is 2. The van der Waals surface area contributed by atoms with E-state index in [-0.39, 0.29) is 18.9 Å². The summed E-state index contributed by atoms with van der Waals surface area (Å²) in [6.45, 7) is 0.657. The van der Waals surface area contributed by atoms with Crippen molar-refractivity contribution in [3.63, 3.8) is 0 Å². The van der Waals surface area contributed by atoms with Gasteiger partial charge in [-0.05, 0) is 24.3 Å². The number of nitrogens with zero attached hydrogens (tertiary/aromatic N) is 2. The maximum atomic E-state index is 11.7. The SMILES string of the molecule is COCc1nnc(NC(=O)CCOc2ccc(Cl)cc2)s1. The number of methoxy groups -OCH3 is 1. The predicted octanol–water partition coefficient (Wildman–Crippen LogP) is 2.75. The van der Waals surface area contributed by atoms with Gasteiger partial charge in [0.05, 0.1) is 13.0 Å². The van der Waals surface area contributed by atoms with E-state index in [9.17, 15) is 4.79 Å². The van der Waals surface area contributed by atoms with Gasteiger partial charge in [0.25, 0.3) is 0 Å². The molecular weight excluding hydrogens is 314 g/mol. The minimum Gasteiger partial charge on any atom is -0.493 e. The van der Waals surface area contributed by atoms with E-state index in [4.69, 9.17) is 21.1 Å². The highest BCUT2D eigenvalue weighted by atomic mass is 35.5. The molecule has 1 amide bonds. The molecule has 0 saturated heterocycles. The molecule has 1 N–H and O–H groups in total. The highest BCUT2D eigenvalue weighted by molar-refractivity contribution is 7.15. The van der Waals surface area contributed by atoms with Crippen LogP contribution in [0.25, 0.3) is 0 Å². The van der Waals surface area contributed by atoms with Gasteiger partial charge in [0, 0.05) is 12.1 Å². The fourth-order valence-electron chi connectivity index (χ4n) is 1.46. The summed E-state index contributed by atoms with van der Waals surface area (Å²) in [7, 11) is 1.58. The van der Waals surface area contributed by atoms with Gasteiger partial charge in [-0.25, -0.2) is 0 Å². The predicted molar refractivity (Wildman–Crippen MR) is 80.8 cm³/mol. The van der Waals surface area contributed by atoms with Gasteiger partial charge in [-0.2, -0.15) is 0 Å². The van der Waals surface area contributed by atoms with Crippen LogP contribution in [0.5, 0.6) is 5.75 Å². The molecule has 0 unspecified atom stereocenters.